The summed E-state index contributed by atoms with van der Waals surface area (Å²) in [5.74, 6) is 1.21. The monoisotopic (exact) mass is 541 g/mol. The van der Waals surface area contributed by atoms with Gasteiger partial charge in [0.2, 0.25) is 0 Å². The minimum Gasteiger partial charge on any atom is -0.485 e. The fraction of sp³-hybridized carbons (Fsp3) is 0.0526. The molecule has 10 rings (SSSR count). The zero-order chi connectivity index (χ0) is 26.7. The van der Waals surface area contributed by atoms with Crippen molar-refractivity contribution < 1.29 is 4.74 Å². The quantitative estimate of drug-likeness (QED) is 0.199. The molecule has 0 bridgehead atoms. The number of benzene rings is 6. The molecule has 2 aliphatic rings. The average Bonchev–Trinajstić information content (AvgIpc) is 3.69. The second-order valence-corrected chi connectivity index (χ2v) is 12.4. The van der Waals surface area contributed by atoms with E-state index in [2.05, 4.69) is 132 Å². The van der Waals surface area contributed by atoms with Crippen LogP contribution in [-0.4, -0.2) is 10.7 Å². The minimum absolute atomic E-state index is 0.0513. The summed E-state index contributed by atoms with van der Waals surface area (Å²) in [7, 11) is 0. The molecule has 6 aromatic carbocycles. The highest BCUT2D eigenvalue weighted by molar-refractivity contribution is 7.25. The number of hydrogen-bond donors (Lipinski definition) is 0. The van der Waals surface area contributed by atoms with Crippen LogP contribution in [0.25, 0.3) is 69.6 Å². The van der Waals surface area contributed by atoms with E-state index in [-0.39, 0.29) is 12.0 Å². The normalized spacial score (nSPS) is 18.0. The van der Waals surface area contributed by atoms with E-state index in [1.54, 1.807) is 0 Å². The number of fused-ring (bicyclic) bond motifs is 6. The molecule has 0 spiro atoms. The van der Waals surface area contributed by atoms with E-state index in [4.69, 9.17) is 4.74 Å². The number of para-hydroxylation sites is 1. The molecule has 0 N–H and O–H groups in total. The molecule has 41 heavy (non-hydrogen) atoms. The first-order chi connectivity index (χ1) is 20.3. The predicted octanol–water partition coefficient (Wildman–Crippen LogP) is 10.4. The van der Waals surface area contributed by atoms with Crippen LogP contribution in [0.15, 0.2) is 127 Å². The van der Waals surface area contributed by atoms with Gasteiger partial charge in [-0.25, -0.2) is 0 Å². The molecular formula is C38H23NOS. The van der Waals surface area contributed by atoms with Crippen molar-refractivity contribution in [2.24, 2.45) is 0 Å². The molecule has 0 radical (unpaired) electrons. The summed E-state index contributed by atoms with van der Waals surface area (Å²) in [4.78, 5) is 0. The van der Waals surface area contributed by atoms with Gasteiger partial charge in [0.15, 0.2) is 0 Å². The fourth-order valence-corrected chi connectivity index (χ4v) is 8.32. The molecule has 0 fully saturated rings. The summed E-state index contributed by atoms with van der Waals surface area (Å²) in [6.07, 6.45) is 6.94. The first-order valence-corrected chi connectivity index (χ1v) is 15.0. The molecule has 0 saturated carbocycles. The lowest BCUT2D eigenvalue weighted by molar-refractivity contribution is 0.269. The molecule has 2 atom stereocenters. The second kappa shape index (κ2) is 7.87. The molecule has 3 heteroatoms. The van der Waals surface area contributed by atoms with Gasteiger partial charge in [-0.2, -0.15) is 0 Å². The van der Waals surface area contributed by atoms with Crippen molar-refractivity contribution in [2.75, 3.05) is 0 Å². The van der Waals surface area contributed by atoms with Gasteiger partial charge in [-0.15, -0.1) is 11.3 Å². The summed E-state index contributed by atoms with van der Waals surface area (Å²) in [5, 5.41) is 7.91. The first kappa shape index (κ1) is 21.9. The van der Waals surface area contributed by atoms with Gasteiger partial charge < -0.3 is 9.30 Å². The third-order valence-electron chi connectivity index (χ3n) is 9.07. The minimum atomic E-state index is 0.0513. The van der Waals surface area contributed by atoms with Crippen LogP contribution in [0.1, 0.15) is 11.5 Å². The number of aromatic nitrogens is 1. The first-order valence-electron chi connectivity index (χ1n) is 14.2. The number of hydrogen-bond acceptors (Lipinski definition) is 2. The van der Waals surface area contributed by atoms with Gasteiger partial charge in [0.1, 0.15) is 11.9 Å². The van der Waals surface area contributed by atoms with Crippen molar-refractivity contribution in [2.45, 2.75) is 12.0 Å². The Morgan fingerprint density at radius 1 is 0.634 bits per heavy atom. The van der Waals surface area contributed by atoms with Gasteiger partial charge >= 0.3 is 0 Å². The summed E-state index contributed by atoms with van der Waals surface area (Å²) in [5.41, 5.74) is 7.47. The second-order valence-electron chi connectivity index (χ2n) is 11.3. The molecule has 3 heterocycles. The van der Waals surface area contributed by atoms with Crippen molar-refractivity contribution in [3.05, 3.63) is 133 Å². The Bertz CT molecular complexity index is 2420. The smallest absolute Gasteiger partial charge is 0.128 e. The maximum absolute atomic E-state index is 6.29. The number of thiophene rings is 1. The van der Waals surface area contributed by atoms with E-state index in [1.807, 2.05) is 11.3 Å². The van der Waals surface area contributed by atoms with Crippen LogP contribution in [0.4, 0.5) is 0 Å². The fourth-order valence-electron chi connectivity index (χ4n) is 7.23. The summed E-state index contributed by atoms with van der Waals surface area (Å²) >= 11 is 1.87. The Labute approximate surface area is 240 Å². The Hall–Kier alpha value is -4.86. The Balaban J connectivity index is 1.24. The van der Waals surface area contributed by atoms with E-state index in [0.717, 1.165) is 5.75 Å². The molecule has 8 aromatic rings. The molecule has 192 valence electrons. The van der Waals surface area contributed by atoms with E-state index in [1.165, 1.54) is 75.1 Å². The van der Waals surface area contributed by atoms with Crippen LogP contribution in [0.5, 0.6) is 5.75 Å². The Morgan fingerprint density at radius 2 is 1.49 bits per heavy atom. The topological polar surface area (TPSA) is 14.2 Å². The maximum Gasteiger partial charge on any atom is 0.128 e. The molecule has 2 aromatic heterocycles. The summed E-state index contributed by atoms with van der Waals surface area (Å²) in [6.45, 7) is 0. The van der Waals surface area contributed by atoms with Gasteiger partial charge in [0.05, 0.1) is 11.0 Å². The molecule has 1 aliphatic carbocycles. The third-order valence-corrected chi connectivity index (χ3v) is 10.2. The van der Waals surface area contributed by atoms with Crippen LogP contribution in [0.2, 0.25) is 0 Å². The lowest BCUT2D eigenvalue weighted by Crippen LogP contribution is -2.18. The van der Waals surface area contributed by atoms with Gasteiger partial charge in [0.25, 0.3) is 0 Å². The molecular weight excluding hydrogens is 518 g/mol. The van der Waals surface area contributed by atoms with Crippen LogP contribution < -0.4 is 4.74 Å². The molecule has 2 unspecified atom stereocenters. The van der Waals surface area contributed by atoms with E-state index < -0.39 is 0 Å². The predicted molar refractivity (Wildman–Crippen MR) is 173 cm³/mol. The molecule has 2 nitrogen and oxygen atoms in total. The van der Waals surface area contributed by atoms with E-state index >= 15 is 0 Å². The van der Waals surface area contributed by atoms with Crippen molar-refractivity contribution in [3.63, 3.8) is 0 Å². The zero-order valence-corrected chi connectivity index (χ0v) is 22.9. The standard InChI is InChI=1S/C38H23NOS/c1-3-10-33-27(7-1)29-21-26(15-16-34(29)40-33)39-31-9-5-6-22-12-13-24-18-25(20-32(39)38(24)37(22)31)23-14-17-36-30(19-23)28-8-2-4-11-35(28)41-36/h1-21,29,34H. The number of ether oxygens (including phenoxy) is 1. The van der Waals surface area contributed by atoms with Crippen molar-refractivity contribution in [3.8, 4) is 16.9 Å². The number of rotatable bonds is 2. The van der Waals surface area contributed by atoms with E-state index in [9.17, 15) is 0 Å². The number of nitrogens with zero attached hydrogens (tertiary/aromatic N) is 1. The van der Waals surface area contributed by atoms with Gasteiger partial charge in [-0.1, -0.05) is 66.7 Å². The van der Waals surface area contributed by atoms with Crippen LogP contribution in [0.3, 0.4) is 0 Å². The number of allylic oxidation sites excluding steroid dienone is 2. The van der Waals surface area contributed by atoms with Crippen LogP contribution in [0, 0.1) is 0 Å². The molecule has 0 amide bonds. The summed E-state index contributed by atoms with van der Waals surface area (Å²) in [6, 6.07) is 40.2. The summed E-state index contributed by atoms with van der Waals surface area (Å²) < 4.78 is 11.4. The lowest BCUT2D eigenvalue weighted by atomic mass is 9.91. The molecule has 0 saturated heterocycles. The van der Waals surface area contributed by atoms with Crippen LogP contribution >= 0.6 is 11.3 Å². The zero-order valence-electron chi connectivity index (χ0n) is 22.0. The van der Waals surface area contributed by atoms with Gasteiger partial charge in [-0.05, 0) is 82.6 Å². The highest BCUT2D eigenvalue weighted by Crippen LogP contribution is 2.46. The highest BCUT2D eigenvalue weighted by atomic mass is 32.1. The van der Waals surface area contributed by atoms with Gasteiger partial charge in [-0.3, -0.25) is 0 Å². The SMILES string of the molecule is C1=CC2Oc3ccccc3C2C=C1n1c2cccc3ccc4cc(-c5ccc6sc7ccccc7c6c5)cc1c4c32. The van der Waals surface area contributed by atoms with E-state index in [0.29, 0.717) is 0 Å². The molecule has 1 aliphatic heterocycles. The lowest BCUT2D eigenvalue weighted by Gasteiger charge is -2.20. The van der Waals surface area contributed by atoms with Crippen LogP contribution in [-0.2, 0) is 0 Å². The Kier molecular flexibility index (Phi) is 4.20. The van der Waals surface area contributed by atoms with Crippen molar-refractivity contribution >= 4 is 69.8 Å². The van der Waals surface area contributed by atoms with Crippen molar-refractivity contribution in [1.29, 1.82) is 0 Å². The third kappa shape index (κ3) is 2.96. The maximum atomic E-state index is 6.29. The highest BCUT2D eigenvalue weighted by Gasteiger charge is 2.33. The van der Waals surface area contributed by atoms with Gasteiger partial charge in [0, 0.05) is 48.1 Å². The Morgan fingerprint density at radius 3 is 2.49 bits per heavy atom. The largest absolute Gasteiger partial charge is 0.485 e. The van der Waals surface area contributed by atoms with Crippen molar-refractivity contribution in [1.82, 2.24) is 4.57 Å². The average molecular weight is 542 g/mol.